The molecule has 0 spiro atoms. The molecule has 1 aromatic rings. The van der Waals surface area contributed by atoms with E-state index in [-0.39, 0.29) is 25.0 Å². The quantitative estimate of drug-likeness (QED) is 0.736. The maximum absolute atomic E-state index is 13.4. The Morgan fingerprint density at radius 3 is 2.54 bits per heavy atom. The van der Waals surface area contributed by atoms with E-state index >= 15 is 0 Å². The highest BCUT2D eigenvalue weighted by molar-refractivity contribution is 7.88. The van der Waals surface area contributed by atoms with E-state index in [2.05, 4.69) is 4.90 Å². The SMILES string of the molecule is Cc1cc(OC[C@@]2(O)CN(C3CCN(S(C)(=O)=O)CC3)CC[C@@H]2O)ccc1F. The highest BCUT2D eigenvalue weighted by atomic mass is 32.2. The Balaban J connectivity index is 1.61. The summed E-state index contributed by atoms with van der Waals surface area (Å²) < 4.78 is 43.9. The molecule has 0 aromatic heterocycles. The van der Waals surface area contributed by atoms with Crippen molar-refractivity contribution in [1.82, 2.24) is 9.21 Å². The normalized spacial score (nSPS) is 28.4. The molecule has 2 heterocycles. The molecular formula is C19H29FN2O5S. The van der Waals surface area contributed by atoms with Crippen LogP contribution in [0.5, 0.6) is 5.75 Å². The van der Waals surface area contributed by atoms with Gasteiger partial charge in [0.25, 0.3) is 0 Å². The fourth-order valence-corrected chi connectivity index (χ4v) is 4.87. The van der Waals surface area contributed by atoms with Gasteiger partial charge in [0.15, 0.2) is 0 Å². The van der Waals surface area contributed by atoms with Crippen molar-refractivity contribution in [2.75, 3.05) is 39.0 Å². The molecule has 7 nitrogen and oxygen atoms in total. The summed E-state index contributed by atoms with van der Waals surface area (Å²) >= 11 is 0. The maximum Gasteiger partial charge on any atom is 0.211 e. The zero-order chi connectivity index (χ0) is 20.5. The first-order valence-electron chi connectivity index (χ1n) is 9.57. The molecule has 0 radical (unpaired) electrons. The first-order valence-corrected chi connectivity index (χ1v) is 11.4. The summed E-state index contributed by atoms with van der Waals surface area (Å²) in [6, 6.07) is 4.53. The number of β-amino-alcohol motifs (C(OH)–C–C–N with tert-alkyl or cyclic N) is 1. The summed E-state index contributed by atoms with van der Waals surface area (Å²) in [4.78, 5) is 2.12. The van der Waals surface area contributed by atoms with E-state index in [0.29, 0.717) is 50.2 Å². The number of nitrogens with zero attached hydrogens (tertiary/aromatic N) is 2. The molecule has 1 aromatic carbocycles. The Bertz CT molecular complexity index is 798. The van der Waals surface area contributed by atoms with Crippen LogP contribution in [0.1, 0.15) is 24.8 Å². The Morgan fingerprint density at radius 2 is 1.93 bits per heavy atom. The molecule has 158 valence electrons. The third-order valence-corrected chi connectivity index (χ3v) is 7.12. The van der Waals surface area contributed by atoms with Gasteiger partial charge in [0.05, 0.1) is 12.4 Å². The standard InChI is InChI=1S/C19H29FN2O5S/c1-14-11-16(3-4-17(14)20)27-13-19(24)12-21(8-7-18(19)23)15-5-9-22(10-6-15)28(2,25)26/h3-4,11,15,18,23-24H,5-10,12-13H2,1-2H3/t18-,19-/m0/s1. The maximum atomic E-state index is 13.4. The molecule has 3 rings (SSSR count). The Hall–Kier alpha value is -1.26. The van der Waals surface area contributed by atoms with Crippen LogP contribution in [0.4, 0.5) is 4.39 Å². The van der Waals surface area contributed by atoms with Crippen LogP contribution in [0.3, 0.4) is 0 Å². The third kappa shape index (κ3) is 4.83. The number of hydrogen-bond donors (Lipinski definition) is 2. The molecule has 9 heteroatoms. The molecule has 0 aliphatic carbocycles. The van der Waals surface area contributed by atoms with Gasteiger partial charge in [0, 0.05) is 32.2 Å². The van der Waals surface area contributed by atoms with Crippen LogP contribution in [0, 0.1) is 12.7 Å². The monoisotopic (exact) mass is 416 g/mol. The molecule has 0 bridgehead atoms. The van der Waals surface area contributed by atoms with Gasteiger partial charge in [-0.2, -0.15) is 0 Å². The minimum Gasteiger partial charge on any atom is -0.490 e. The predicted molar refractivity (Wildman–Crippen MR) is 103 cm³/mol. The first kappa shape index (κ1) is 21.4. The van der Waals surface area contributed by atoms with E-state index in [4.69, 9.17) is 4.74 Å². The molecular weight excluding hydrogens is 387 g/mol. The summed E-state index contributed by atoms with van der Waals surface area (Å²) in [6.45, 7) is 3.36. The van der Waals surface area contributed by atoms with Crippen LogP contribution < -0.4 is 4.74 Å². The third-order valence-electron chi connectivity index (χ3n) is 5.81. The number of aliphatic hydroxyl groups excluding tert-OH is 1. The molecule has 0 unspecified atom stereocenters. The molecule has 2 aliphatic heterocycles. The number of benzene rings is 1. The van der Waals surface area contributed by atoms with Gasteiger partial charge < -0.3 is 14.9 Å². The van der Waals surface area contributed by atoms with Crippen LogP contribution in [-0.4, -0.2) is 84.6 Å². The highest BCUT2D eigenvalue weighted by Gasteiger charge is 2.44. The lowest BCUT2D eigenvalue weighted by molar-refractivity contribution is -0.147. The van der Waals surface area contributed by atoms with E-state index in [0.717, 1.165) is 0 Å². The van der Waals surface area contributed by atoms with Gasteiger partial charge in [-0.15, -0.1) is 0 Å². The Labute approximate surface area is 165 Å². The van der Waals surface area contributed by atoms with Crippen molar-refractivity contribution < 1.29 is 27.8 Å². The van der Waals surface area contributed by atoms with Crippen molar-refractivity contribution in [2.24, 2.45) is 0 Å². The number of piperidine rings is 2. The van der Waals surface area contributed by atoms with Crippen molar-refractivity contribution in [1.29, 1.82) is 0 Å². The second-order valence-corrected chi connectivity index (χ2v) is 9.95. The largest absolute Gasteiger partial charge is 0.490 e. The number of sulfonamides is 1. The van der Waals surface area contributed by atoms with Gasteiger partial charge in [-0.1, -0.05) is 0 Å². The zero-order valence-electron chi connectivity index (χ0n) is 16.3. The molecule has 2 N–H and O–H groups in total. The van der Waals surface area contributed by atoms with Gasteiger partial charge in [-0.05, 0) is 49.9 Å². The molecule has 2 aliphatic rings. The smallest absolute Gasteiger partial charge is 0.211 e. The summed E-state index contributed by atoms with van der Waals surface area (Å²) in [6.07, 6.45) is 2.10. The van der Waals surface area contributed by atoms with Crippen LogP contribution in [0.2, 0.25) is 0 Å². The van der Waals surface area contributed by atoms with Crippen LogP contribution in [0.15, 0.2) is 18.2 Å². The van der Waals surface area contributed by atoms with E-state index < -0.39 is 21.7 Å². The lowest BCUT2D eigenvalue weighted by atomic mass is 9.88. The Morgan fingerprint density at radius 1 is 1.25 bits per heavy atom. The lowest BCUT2D eigenvalue weighted by Gasteiger charge is -2.47. The summed E-state index contributed by atoms with van der Waals surface area (Å²) in [5.74, 6) is 0.119. The average Bonchev–Trinajstić information content (AvgIpc) is 2.65. The number of hydrogen-bond acceptors (Lipinski definition) is 6. The van der Waals surface area contributed by atoms with Crippen LogP contribution in [-0.2, 0) is 10.0 Å². The number of ether oxygens (including phenoxy) is 1. The minimum atomic E-state index is -3.18. The number of aryl methyl sites for hydroxylation is 1. The van der Waals surface area contributed by atoms with E-state index in [9.17, 15) is 23.0 Å². The predicted octanol–water partition coefficient (Wildman–Crippen LogP) is 0.735. The number of likely N-dealkylation sites (tertiary alicyclic amines) is 1. The molecule has 2 fully saturated rings. The van der Waals surface area contributed by atoms with Gasteiger partial charge in [-0.25, -0.2) is 17.1 Å². The number of rotatable bonds is 5. The number of aliphatic hydroxyl groups is 2. The van der Waals surface area contributed by atoms with Crippen LogP contribution >= 0.6 is 0 Å². The van der Waals surface area contributed by atoms with Crippen molar-refractivity contribution in [3.05, 3.63) is 29.6 Å². The van der Waals surface area contributed by atoms with Gasteiger partial charge in [0.1, 0.15) is 23.8 Å². The zero-order valence-corrected chi connectivity index (χ0v) is 17.2. The molecule has 2 saturated heterocycles. The van der Waals surface area contributed by atoms with Crippen LogP contribution in [0.25, 0.3) is 0 Å². The van der Waals surface area contributed by atoms with E-state index in [1.165, 1.54) is 22.7 Å². The molecule has 28 heavy (non-hydrogen) atoms. The second-order valence-electron chi connectivity index (χ2n) is 7.97. The molecule has 0 saturated carbocycles. The average molecular weight is 417 g/mol. The van der Waals surface area contributed by atoms with Gasteiger partial charge in [0.2, 0.25) is 10.0 Å². The summed E-state index contributed by atoms with van der Waals surface area (Å²) in [5.41, 5.74) is -0.984. The minimum absolute atomic E-state index is 0.0993. The fraction of sp³-hybridized carbons (Fsp3) is 0.684. The fourth-order valence-electron chi connectivity index (χ4n) is 4.00. The highest BCUT2D eigenvalue weighted by Crippen LogP contribution is 2.28. The Kier molecular flexibility index (Phi) is 6.31. The van der Waals surface area contributed by atoms with Gasteiger partial charge >= 0.3 is 0 Å². The second kappa shape index (κ2) is 8.23. The van der Waals surface area contributed by atoms with Crippen molar-refractivity contribution in [3.8, 4) is 5.75 Å². The van der Waals surface area contributed by atoms with E-state index in [1.807, 2.05) is 0 Å². The topological polar surface area (TPSA) is 90.3 Å². The molecule has 2 atom stereocenters. The van der Waals surface area contributed by atoms with Crippen molar-refractivity contribution in [2.45, 2.75) is 43.9 Å². The first-order chi connectivity index (χ1) is 13.1. The molecule has 0 amide bonds. The van der Waals surface area contributed by atoms with Crippen molar-refractivity contribution in [3.63, 3.8) is 0 Å². The number of halogens is 1. The van der Waals surface area contributed by atoms with Gasteiger partial charge in [-0.3, -0.25) is 4.90 Å². The van der Waals surface area contributed by atoms with Crippen molar-refractivity contribution >= 4 is 10.0 Å². The summed E-state index contributed by atoms with van der Waals surface area (Å²) in [5, 5.41) is 21.4. The lowest BCUT2D eigenvalue weighted by Crippen LogP contribution is -2.62. The van der Waals surface area contributed by atoms with E-state index in [1.54, 1.807) is 13.0 Å². The summed E-state index contributed by atoms with van der Waals surface area (Å²) in [7, 11) is -3.18.